The number of Topliss-reactive ketones (excluding diaryl/α,β-unsaturated/α-hetero) is 1. The standard InChI is InChI=1S/C30H22BrNO8/c1-12-8-13(2-7-21(12)33)24-15-5-6-17-25(18(15)10-19-26(24)23(35)11-20(31)27(19)36)29(38)32(28(17)37)14-3-4-16(30(39)40)22(34)9-14/h2-5,7-9,11,17-18,24-25,33-34H,6,10H2,1H3,(H,39,40)/t17-,18+,24-,25-/m0/s1. The molecule has 2 amide bonds. The second-order valence-corrected chi connectivity index (χ2v) is 11.3. The van der Waals surface area contributed by atoms with Gasteiger partial charge in [-0.3, -0.25) is 19.2 Å². The number of ketones is 2. The molecule has 3 N–H and O–H groups in total. The molecule has 0 spiro atoms. The molecule has 1 fully saturated rings. The molecule has 10 heteroatoms. The van der Waals surface area contributed by atoms with Gasteiger partial charge in [-0.25, -0.2) is 9.69 Å². The summed E-state index contributed by atoms with van der Waals surface area (Å²) >= 11 is 3.20. The van der Waals surface area contributed by atoms with E-state index in [0.29, 0.717) is 22.3 Å². The van der Waals surface area contributed by atoms with E-state index in [-0.39, 0.29) is 45.9 Å². The molecule has 40 heavy (non-hydrogen) atoms. The van der Waals surface area contributed by atoms with Crippen molar-refractivity contribution in [1.82, 2.24) is 0 Å². The largest absolute Gasteiger partial charge is 0.508 e. The lowest BCUT2D eigenvalue weighted by atomic mass is 9.59. The van der Waals surface area contributed by atoms with Crippen LogP contribution in [0.25, 0.3) is 0 Å². The lowest BCUT2D eigenvalue weighted by molar-refractivity contribution is -0.123. The first-order valence-corrected chi connectivity index (χ1v) is 13.4. The Labute approximate surface area is 236 Å². The minimum absolute atomic E-state index is 0.0597. The van der Waals surface area contributed by atoms with Gasteiger partial charge in [-0.2, -0.15) is 0 Å². The number of aryl methyl sites for hydroxylation is 1. The minimum Gasteiger partial charge on any atom is -0.508 e. The van der Waals surface area contributed by atoms with Crippen LogP contribution in [0.5, 0.6) is 11.5 Å². The summed E-state index contributed by atoms with van der Waals surface area (Å²) in [5, 5.41) is 29.6. The third kappa shape index (κ3) is 3.70. The summed E-state index contributed by atoms with van der Waals surface area (Å²) < 4.78 is 0.126. The fraction of sp³-hybridized carbons (Fsp3) is 0.233. The molecule has 2 aromatic carbocycles. The molecule has 1 saturated heterocycles. The van der Waals surface area contributed by atoms with E-state index in [1.165, 1.54) is 18.2 Å². The molecule has 0 radical (unpaired) electrons. The van der Waals surface area contributed by atoms with Gasteiger partial charge in [0.25, 0.3) is 0 Å². The maximum atomic E-state index is 13.9. The molecule has 4 atom stereocenters. The van der Waals surface area contributed by atoms with E-state index in [0.717, 1.165) is 22.6 Å². The highest BCUT2D eigenvalue weighted by Gasteiger charge is 2.56. The molecule has 202 valence electrons. The second-order valence-electron chi connectivity index (χ2n) is 10.5. The summed E-state index contributed by atoms with van der Waals surface area (Å²) in [5.41, 5.74) is 2.37. The predicted molar refractivity (Wildman–Crippen MR) is 145 cm³/mol. The fourth-order valence-electron chi connectivity index (χ4n) is 6.54. The third-order valence-corrected chi connectivity index (χ3v) is 8.94. The number of carboxylic acids is 1. The van der Waals surface area contributed by atoms with Crippen molar-refractivity contribution in [2.24, 2.45) is 17.8 Å². The highest BCUT2D eigenvalue weighted by atomic mass is 79.9. The number of fused-ring (bicyclic) bond motifs is 3. The summed E-state index contributed by atoms with van der Waals surface area (Å²) in [7, 11) is 0. The van der Waals surface area contributed by atoms with Crippen LogP contribution in [0.15, 0.2) is 69.8 Å². The van der Waals surface area contributed by atoms with E-state index >= 15 is 0 Å². The van der Waals surface area contributed by atoms with Crippen molar-refractivity contribution in [3.63, 3.8) is 0 Å². The smallest absolute Gasteiger partial charge is 0.339 e. The number of allylic oxidation sites excluding steroid dienone is 6. The number of benzene rings is 2. The van der Waals surface area contributed by atoms with Crippen molar-refractivity contribution >= 4 is 51.0 Å². The number of carbonyl (C=O) groups excluding carboxylic acids is 4. The van der Waals surface area contributed by atoms with Crippen LogP contribution >= 0.6 is 15.9 Å². The van der Waals surface area contributed by atoms with Crippen LogP contribution in [0.4, 0.5) is 5.69 Å². The van der Waals surface area contributed by atoms with Crippen LogP contribution in [-0.2, 0) is 19.2 Å². The van der Waals surface area contributed by atoms with E-state index in [1.807, 2.05) is 6.08 Å². The Hall–Kier alpha value is -4.31. The van der Waals surface area contributed by atoms with Gasteiger partial charge in [0.1, 0.15) is 17.1 Å². The number of anilines is 1. The zero-order valence-electron chi connectivity index (χ0n) is 21.1. The maximum Gasteiger partial charge on any atom is 0.339 e. The van der Waals surface area contributed by atoms with Crippen LogP contribution in [0.1, 0.15) is 40.2 Å². The molecule has 1 heterocycles. The predicted octanol–water partition coefficient (Wildman–Crippen LogP) is 4.07. The molecule has 0 aromatic heterocycles. The molecule has 4 aliphatic rings. The number of hydrogen-bond donors (Lipinski definition) is 3. The molecule has 0 saturated carbocycles. The number of rotatable bonds is 3. The number of nitrogens with zero attached hydrogens (tertiary/aromatic N) is 1. The molecule has 3 aliphatic carbocycles. The van der Waals surface area contributed by atoms with Crippen LogP contribution in [0, 0.1) is 24.7 Å². The number of phenols is 2. The van der Waals surface area contributed by atoms with Gasteiger partial charge in [0.2, 0.25) is 11.8 Å². The first kappa shape index (κ1) is 25.9. The zero-order chi connectivity index (χ0) is 28.6. The van der Waals surface area contributed by atoms with Crippen LogP contribution in [0.2, 0.25) is 0 Å². The number of hydrogen-bond acceptors (Lipinski definition) is 7. The molecule has 0 unspecified atom stereocenters. The molecule has 1 aliphatic heterocycles. The van der Waals surface area contributed by atoms with Crippen molar-refractivity contribution in [3.8, 4) is 11.5 Å². The van der Waals surface area contributed by atoms with Gasteiger partial charge in [-0.05, 0) is 70.9 Å². The molecule has 0 bridgehead atoms. The Morgan fingerprint density at radius 2 is 1.73 bits per heavy atom. The SMILES string of the molecule is Cc1cc([C@H]2C3=CC[C@@H]4C(=O)N(c5ccc(C(=O)O)c(O)c5)C(=O)[C@@H]4[C@@H]3CC3=C2C(=O)C=C(Br)C3=O)ccc1O. The Morgan fingerprint density at radius 3 is 2.40 bits per heavy atom. The van der Waals surface area contributed by atoms with E-state index in [9.17, 15) is 39.3 Å². The van der Waals surface area contributed by atoms with Gasteiger partial charge in [0, 0.05) is 29.2 Å². The Morgan fingerprint density at radius 1 is 0.975 bits per heavy atom. The number of amides is 2. The first-order valence-electron chi connectivity index (χ1n) is 12.6. The van der Waals surface area contributed by atoms with Gasteiger partial charge in [0.15, 0.2) is 11.6 Å². The quantitative estimate of drug-likeness (QED) is 0.270. The molecular weight excluding hydrogens is 582 g/mol. The van der Waals surface area contributed by atoms with Crippen molar-refractivity contribution in [1.29, 1.82) is 0 Å². The Balaban J connectivity index is 1.46. The van der Waals surface area contributed by atoms with E-state index < -0.39 is 47.2 Å². The fourth-order valence-corrected chi connectivity index (χ4v) is 6.99. The molecule has 6 rings (SSSR count). The van der Waals surface area contributed by atoms with E-state index in [4.69, 9.17) is 0 Å². The first-order chi connectivity index (χ1) is 19.0. The van der Waals surface area contributed by atoms with Crippen molar-refractivity contribution < 1.29 is 39.3 Å². The minimum atomic E-state index is -1.35. The van der Waals surface area contributed by atoms with Crippen LogP contribution < -0.4 is 4.90 Å². The lowest BCUT2D eigenvalue weighted by Gasteiger charge is -2.42. The number of halogens is 1. The van der Waals surface area contributed by atoms with Gasteiger partial charge in [-0.1, -0.05) is 23.8 Å². The van der Waals surface area contributed by atoms with Gasteiger partial charge < -0.3 is 15.3 Å². The van der Waals surface area contributed by atoms with Gasteiger partial charge in [-0.15, -0.1) is 0 Å². The summed E-state index contributed by atoms with van der Waals surface area (Å²) in [6.45, 7) is 1.73. The van der Waals surface area contributed by atoms with Crippen LogP contribution in [0.3, 0.4) is 0 Å². The number of phenolic OH excluding ortho intramolecular Hbond substituents is 1. The normalized spacial score (nSPS) is 25.8. The van der Waals surface area contributed by atoms with Crippen molar-refractivity contribution in [2.45, 2.75) is 25.7 Å². The molecule has 2 aromatic rings. The average molecular weight is 604 g/mol. The summed E-state index contributed by atoms with van der Waals surface area (Å²) in [6.07, 6.45) is 3.47. The second kappa shape index (κ2) is 9.12. The number of carboxylic acid groups (broad SMARTS) is 1. The van der Waals surface area contributed by atoms with E-state index in [2.05, 4.69) is 15.9 Å². The lowest BCUT2D eigenvalue weighted by Crippen LogP contribution is -2.39. The summed E-state index contributed by atoms with van der Waals surface area (Å²) in [5.74, 6) is -6.23. The number of imide groups is 1. The summed E-state index contributed by atoms with van der Waals surface area (Å²) in [6, 6.07) is 8.50. The maximum absolute atomic E-state index is 13.9. The zero-order valence-corrected chi connectivity index (χ0v) is 22.6. The van der Waals surface area contributed by atoms with Gasteiger partial charge in [0.05, 0.1) is 22.0 Å². The molecule has 9 nitrogen and oxygen atoms in total. The highest BCUT2D eigenvalue weighted by molar-refractivity contribution is 9.12. The Kier molecular flexibility index (Phi) is 5.92. The number of aromatic hydroxyl groups is 2. The monoisotopic (exact) mass is 603 g/mol. The number of carbonyl (C=O) groups is 5. The summed E-state index contributed by atoms with van der Waals surface area (Å²) in [4.78, 5) is 66.4. The highest BCUT2D eigenvalue weighted by Crippen LogP contribution is 2.55. The molecular formula is C30H22BrNO8. The van der Waals surface area contributed by atoms with Gasteiger partial charge >= 0.3 is 5.97 Å². The van der Waals surface area contributed by atoms with E-state index in [1.54, 1.807) is 19.1 Å². The third-order valence-electron chi connectivity index (χ3n) is 8.36. The van der Waals surface area contributed by atoms with Crippen molar-refractivity contribution in [2.75, 3.05) is 4.90 Å². The Bertz CT molecular complexity index is 1680. The number of aromatic carboxylic acids is 1. The van der Waals surface area contributed by atoms with Crippen molar-refractivity contribution in [3.05, 3.63) is 86.4 Å². The van der Waals surface area contributed by atoms with Crippen LogP contribution in [-0.4, -0.2) is 44.7 Å². The topological polar surface area (TPSA) is 149 Å². The average Bonchev–Trinajstić information content (AvgIpc) is 3.17.